The van der Waals surface area contributed by atoms with Gasteiger partial charge in [0.2, 0.25) is 0 Å². The highest BCUT2D eigenvalue weighted by atomic mass is 16.5. The first kappa shape index (κ1) is 12.9. The summed E-state index contributed by atoms with van der Waals surface area (Å²) in [6, 6.07) is 7.49. The smallest absolute Gasteiger partial charge is 0.253 e. The third kappa shape index (κ3) is 3.25. The molecule has 3 heteroatoms. The molecule has 98 valence electrons. The Hall–Kier alpha value is -1.51. The highest BCUT2D eigenvalue weighted by Gasteiger charge is 2.17. The van der Waals surface area contributed by atoms with Crippen molar-refractivity contribution >= 4 is 5.91 Å². The summed E-state index contributed by atoms with van der Waals surface area (Å²) in [4.78, 5) is 14.3. The Morgan fingerprint density at radius 1 is 1.22 bits per heavy atom. The summed E-state index contributed by atoms with van der Waals surface area (Å²) >= 11 is 0. The molecular formula is C15H21NO2. The molecule has 3 nitrogen and oxygen atoms in total. The maximum atomic E-state index is 12.4. The minimum absolute atomic E-state index is 0.137. The van der Waals surface area contributed by atoms with E-state index in [9.17, 15) is 4.79 Å². The van der Waals surface area contributed by atoms with Gasteiger partial charge in [0.1, 0.15) is 5.75 Å². The highest BCUT2D eigenvalue weighted by Crippen LogP contribution is 2.17. The number of hydrogen-bond donors (Lipinski definition) is 0. The molecule has 0 saturated carbocycles. The Labute approximate surface area is 109 Å². The molecule has 1 aromatic rings. The van der Waals surface area contributed by atoms with Gasteiger partial charge in [0.15, 0.2) is 0 Å². The quantitative estimate of drug-likeness (QED) is 0.821. The lowest BCUT2D eigenvalue weighted by atomic mass is 10.2. The molecule has 1 aliphatic rings. The molecule has 0 bridgehead atoms. The molecule has 0 radical (unpaired) electrons. The number of hydrogen-bond acceptors (Lipinski definition) is 2. The van der Waals surface area contributed by atoms with Crippen LogP contribution in [0.5, 0.6) is 5.75 Å². The summed E-state index contributed by atoms with van der Waals surface area (Å²) in [5.74, 6) is 0.914. The van der Waals surface area contributed by atoms with E-state index in [1.807, 2.05) is 36.1 Å². The number of carbonyl (C=O) groups is 1. The molecule has 1 amide bonds. The van der Waals surface area contributed by atoms with Crippen LogP contribution in [0, 0.1) is 0 Å². The number of carbonyl (C=O) groups excluding carboxylic acids is 1. The summed E-state index contributed by atoms with van der Waals surface area (Å²) in [7, 11) is 0. The molecule has 0 atom stereocenters. The first-order valence-electron chi connectivity index (χ1n) is 6.83. The second-order valence-corrected chi connectivity index (χ2v) is 4.67. The predicted molar refractivity (Wildman–Crippen MR) is 72.0 cm³/mol. The highest BCUT2D eigenvalue weighted by molar-refractivity contribution is 5.94. The fraction of sp³-hybridized carbons (Fsp3) is 0.533. The van der Waals surface area contributed by atoms with Gasteiger partial charge in [0.25, 0.3) is 5.91 Å². The zero-order valence-corrected chi connectivity index (χ0v) is 11.0. The Morgan fingerprint density at radius 3 is 2.61 bits per heavy atom. The van der Waals surface area contributed by atoms with E-state index >= 15 is 0 Å². The maximum Gasteiger partial charge on any atom is 0.253 e. The van der Waals surface area contributed by atoms with Gasteiger partial charge in [-0.15, -0.1) is 0 Å². The zero-order valence-electron chi connectivity index (χ0n) is 11.0. The van der Waals surface area contributed by atoms with Crippen molar-refractivity contribution in [2.75, 3.05) is 19.7 Å². The van der Waals surface area contributed by atoms with Gasteiger partial charge in [-0.2, -0.15) is 0 Å². The number of ether oxygens (including phenoxy) is 1. The zero-order chi connectivity index (χ0) is 12.8. The van der Waals surface area contributed by atoms with Gasteiger partial charge in [0.05, 0.1) is 6.61 Å². The molecule has 0 spiro atoms. The normalized spacial score (nSPS) is 16.2. The van der Waals surface area contributed by atoms with Crippen LogP contribution in [0.1, 0.15) is 43.0 Å². The molecule has 1 aromatic carbocycles. The summed E-state index contributed by atoms with van der Waals surface area (Å²) in [5, 5.41) is 0. The van der Waals surface area contributed by atoms with Gasteiger partial charge in [-0.05, 0) is 38.0 Å². The monoisotopic (exact) mass is 247 g/mol. The van der Waals surface area contributed by atoms with Crippen molar-refractivity contribution < 1.29 is 9.53 Å². The van der Waals surface area contributed by atoms with Gasteiger partial charge in [-0.3, -0.25) is 4.79 Å². The summed E-state index contributed by atoms with van der Waals surface area (Å²) < 4.78 is 5.44. The standard InChI is InChI=1S/C15H21NO2/c1-2-18-14-9-7-8-13(12-14)15(17)16-10-5-3-4-6-11-16/h7-9,12H,2-6,10-11H2,1H3. The molecule has 0 unspecified atom stereocenters. The van der Waals surface area contributed by atoms with Gasteiger partial charge >= 0.3 is 0 Å². The van der Waals surface area contributed by atoms with E-state index in [1.165, 1.54) is 12.8 Å². The van der Waals surface area contributed by atoms with Gasteiger partial charge in [-0.25, -0.2) is 0 Å². The van der Waals surface area contributed by atoms with Crippen LogP contribution in [0.25, 0.3) is 0 Å². The Bertz CT molecular complexity index is 395. The number of likely N-dealkylation sites (tertiary alicyclic amines) is 1. The maximum absolute atomic E-state index is 12.4. The molecule has 1 fully saturated rings. The van der Waals surface area contributed by atoms with E-state index < -0.39 is 0 Å². The average molecular weight is 247 g/mol. The molecular weight excluding hydrogens is 226 g/mol. The molecule has 2 rings (SSSR count). The van der Waals surface area contributed by atoms with E-state index in [4.69, 9.17) is 4.74 Å². The van der Waals surface area contributed by atoms with Crippen LogP contribution in [0.15, 0.2) is 24.3 Å². The number of nitrogens with zero attached hydrogens (tertiary/aromatic N) is 1. The second-order valence-electron chi connectivity index (χ2n) is 4.67. The SMILES string of the molecule is CCOc1cccc(C(=O)N2CCCCCC2)c1. The van der Waals surface area contributed by atoms with Crippen LogP contribution in [-0.2, 0) is 0 Å². The van der Waals surface area contributed by atoms with E-state index in [0.29, 0.717) is 6.61 Å². The minimum atomic E-state index is 0.137. The van der Waals surface area contributed by atoms with Gasteiger partial charge in [0, 0.05) is 18.7 Å². The van der Waals surface area contributed by atoms with Crippen molar-refractivity contribution in [3.8, 4) is 5.75 Å². The van der Waals surface area contributed by atoms with Crippen LogP contribution in [0.2, 0.25) is 0 Å². The first-order chi connectivity index (χ1) is 8.81. The fourth-order valence-corrected chi connectivity index (χ4v) is 2.34. The number of rotatable bonds is 3. The average Bonchev–Trinajstić information content (AvgIpc) is 2.67. The van der Waals surface area contributed by atoms with Gasteiger partial charge in [-0.1, -0.05) is 18.9 Å². The molecule has 0 aliphatic carbocycles. The fourth-order valence-electron chi connectivity index (χ4n) is 2.34. The van der Waals surface area contributed by atoms with Crippen molar-refractivity contribution in [1.29, 1.82) is 0 Å². The Balaban J connectivity index is 2.09. The summed E-state index contributed by atoms with van der Waals surface area (Å²) in [6.45, 7) is 4.35. The third-order valence-corrected chi connectivity index (χ3v) is 3.29. The minimum Gasteiger partial charge on any atom is -0.494 e. The predicted octanol–water partition coefficient (Wildman–Crippen LogP) is 3.10. The molecule has 1 aliphatic heterocycles. The first-order valence-corrected chi connectivity index (χ1v) is 6.83. The topological polar surface area (TPSA) is 29.5 Å². The van der Waals surface area contributed by atoms with Crippen LogP contribution < -0.4 is 4.74 Å². The van der Waals surface area contributed by atoms with Crippen LogP contribution in [-0.4, -0.2) is 30.5 Å². The molecule has 0 aromatic heterocycles. The van der Waals surface area contributed by atoms with Gasteiger partial charge < -0.3 is 9.64 Å². The molecule has 1 saturated heterocycles. The second kappa shape index (κ2) is 6.43. The molecule has 0 N–H and O–H groups in total. The van der Waals surface area contributed by atoms with Crippen LogP contribution in [0.4, 0.5) is 0 Å². The van der Waals surface area contributed by atoms with E-state index in [1.54, 1.807) is 0 Å². The van der Waals surface area contributed by atoms with Crippen molar-refractivity contribution in [2.24, 2.45) is 0 Å². The third-order valence-electron chi connectivity index (χ3n) is 3.29. The van der Waals surface area contributed by atoms with E-state index in [-0.39, 0.29) is 5.91 Å². The lowest BCUT2D eigenvalue weighted by molar-refractivity contribution is 0.0761. The Kier molecular flexibility index (Phi) is 4.62. The largest absolute Gasteiger partial charge is 0.494 e. The van der Waals surface area contributed by atoms with Crippen molar-refractivity contribution in [3.05, 3.63) is 29.8 Å². The Morgan fingerprint density at radius 2 is 1.94 bits per heavy atom. The molecule has 1 heterocycles. The van der Waals surface area contributed by atoms with Crippen LogP contribution >= 0.6 is 0 Å². The summed E-state index contributed by atoms with van der Waals surface area (Å²) in [6.07, 6.45) is 4.72. The lowest BCUT2D eigenvalue weighted by Gasteiger charge is -2.20. The van der Waals surface area contributed by atoms with Crippen molar-refractivity contribution in [1.82, 2.24) is 4.90 Å². The lowest BCUT2D eigenvalue weighted by Crippen LogP contribution is -2.31. The van der Waals surface area contributed by atoms with E-state index in [0.717, 1.165) is 37.2 Å². The van der Waals surface area contributed by atoms with Crippen molar-refractivity contribution in [2.45, 2.75) is 32.6 Å². The number of benzene rings is 1. The van der Waals surface area contributed by atoms with E-state index in [2.05, 4.69) is 0 Å². The van der Waals surface area contributed by atoms with Crippen LogP contribution in [0.3, 0.4) is 0 Å². The number of amides is 1. The summed E-state index contributed by atoms with van der Waals surface area (Å²) in [5.41, 5.74) is 0.739. The molecule has 18 heavy (non-hydrogen) atoms. The van der Waals surface area contributed by atoms with Crippen molar-refractivity contribution in [3.63, 3.8) is 0 Å².